The van der Waals surface area contributed by atoms with Crippen LogP contribution in [-0.2, 0) is 6.54 Å². The highest BCUT2D eigenvalue weighted by Gasteiger charge is 2.11. The third-order valence-electron chi connectivity index (χ3n) is 4.18. The first-order valence-electron chi connectivity index (χ1n) is 9.07. The quantitative estimate of drug-likeness (QED) is 0.615. The molecule has 3 aromatic rings. The summed E-state index contributed by atoms with van der Waals surface area (Å²) >= 11 is 3.53. The molecule has 0 atom stereocenters. The van der Waals surface area contributed by atoms with Crippen LogP contribution in [0.1, 0.15) is 41.2 Å². The molecular formula is C21H23BrN4O2. The van der Waals surface area contributed by atoms with Crippen molar-refractivity contribution in [2.75, 3.05) is 0 Å². The van der Waals surface area contributed by atoms with Gasteiger partial charge in [-0.15, -0.1) is 0 Å². The smallest absolute Gasteiger partial charge is 0.251 e. The van der Waals surface area contributed by atoms with E-state index in [1.54, 1.807) is 18.3 Å². The molecular weight excluding hydrogens is 420 g/mol. The van der Waals surface area contributed by atoms with Crippen molar-refractivity contribution in [2.24, 2.45) is 0 Å². The normalized spacial score (nSPS) is 10.9. The molecule has 0 unspecified atom stereocenters. The van der Waals surface area contributed by atoms with Crippen LogP contribution in [0.3, 0.4) is 0 Å². The van der Waals surface area contributed by atoms with Gasteiger partial charge in [-0.05, 0) is 73.5 Å². The number of halogens is 1. The second-order valence-corrected chi connectivity index (χ2v) is 7.59. The summed E-state index contributed by atoms with van der Waals surface area (Å²) in [7, 11) is 0. The molecule has 0 radical (unpaired) electrons. The van der Waals surface area contributed by atoms with Gasteiger partial charge in [-0.2, -0.15) is 5.10 Å². The lowest BCUT2D eigenvalue weighted by Gasteiger charge is -2.10. The number of hydrogen-bond donors (Lipinski definition) is 1. The second kappa shape index (κ2) is 8.56. The number of amides is 1. The molecule has 28 heavy (non-hydrogen) atoms. The first kappa shape index (κ1) is 20.1. The molecule has 3 rings (SSSR count). The summed E-state index contributed by atoms with van der Waals surface area (Å²) < 4.78 is 8.37. The zero-order valence-corrected chi connectivity index (χ0v) is 17.9. The minimum absolute atomic E-state index is 0.0802. The van der Waals surface area contributed by atoms with Crippen LogP contribution >= 0.6 is 15.9 Å². The van der Waals surface area contributed by atoms with E-state index in [0.717, 1.165) is 27.1 Å². The Kier molecular flexibility index (Phi) is 6.14. The second-order valence-electron chi connectivity index (χ2n) is 6.80. The minimum atomic E-state index is -0.136. The lowest BCUT2D eigenvalue weighted by molar-refractivity contribution is 0.0951. The van der Waals surface area contributed by atoms with Gasteiger partial charge in [0, 0.05) is 24.4 Å². The van der Waals surface area contributed by atoms with E-state index in [0.29, 0.717) is 18.0 Å². The average molecular weight is 443 g/mol. The Hall–Kier alpha value is -2.67. The van der Waals surface area contributed by atoms with Crippen LogP contribution in [0.4, 0.5) is 0 Å². The van der Waals surface area contributed by atoms with Crippen LogP contribution in [0.15, 0.2) is 47.1 Å². The number of carbonyl (C=O) groups excluding carboxylic acids is 1. The lowest BCUT2D eigenvalue weighted by Crippen LogP contribution is -2.22. The average Bonchev–Trinajstić information content (AvgIpc) is 2.94. The van der Waals surface area contributed by atoms with Gasteiger partial charge in [0.2, 0.25) is 5.88 Å². The first-order chi connectivity index (χ1) is 13.3. The highest BCUT2D eigenvalue weighted by atomic mass is 79.9. The van der Waals surface area contributed by atoms with E-state index in [1.807, 2.05) is 56.6 Å². The Morgan fingerprint density at radius 1 is 1.18 bits per heavy atom. The van der Waals surface area contributed by atoms with Crippen LogP contribution in [-0.4, -0.2) is 26.8 Å². The Bertz CT molecular complexity index is 963. The monoisotopic (exact) mass is 442 g/mol. The van der Waals surface area contributed by atoms with Gasteiger partial charge >= 0.3 is 0 Å². The molecule has 6 nitrogen and oxygen atoms in total. The highest BCUT2D eigenvalue weighted by molar-refractivity contribution is 9.10. The fourth-order valence-corrected chi connectivity index (χ4v) is 2.99. The number of benzene rings is 1. The molecule has 1 N–H and O–H groups in total. The summed E-state index contributed by atoms with van der Waals surface area (Å²) in [5.74, 6) is 0.444. The maximum Gasteiger partial charge on any atom is 0.251 e. The van der Waals surface area contributed by atoms with Crippen LogP contribution in [0.5, 0.6) is 5.88 Å². The predicted octanol–water partition coefficient (Wildman–Crippen LogP) is 4.36. The molecule has 7 heteroatoms. The summed E-state index contributed by atoms with van der Waals surface area (Å²) in [6.45, 7) is 8.26. The molecule has 1 amide bonds. The van der Waals surface area contributed by atoms with Crippen molar-refractivity contribution in [1.29, 1.82) is 0 Å². The summed E-state index contributed by atoms with van der Waals surface area (Å²) in [6.07, 6.45) is 1.79. The van der Waals surface area contributed by atoms with Gasteiger partial charge in [-0.1, -0.05) is 6.07 Å². The van der Waals surface area contributed by atoms with Gasteiger partial charge in [0.1, 0.15) is 0 Å². The molecule has 0 saturated heterocycles. The number of hydrogen-bond acceptors (Lipinski definition) is 4. The van der Waals surface area contributed by atoms with E-state index in [1.165, 1.54) is 0 Å². The van der Waals surface area contributed by atoms with Gasteiger partial charge in [-0.3, -0.25) is 4.79 Å². The minimum Gasteiger partial charge on any atom is -0.475 e. The number of nitrogens with zero attached hydrogens (tertiary/aromatic N) is 3. The summed E-state index contributed by atoms with van der Waals surface area (Å²) in [6, 6.07) is 11.1. The number of ether oxygens (including phenoxy) is 1. The molecule has 0 fully saturated rings. The SMILES string of the molecule is Cc1nn(-c2ccc(C(=O)NCc3ccc(OC(C)C)nc3)cc2)c(C)c1Br. The zero-order valence-electron chi connectivity index (χ0n) is 16.4. The molecule has 0 aliphatic heterocycles. The molecule has 0 saturated carbocycles. The molecule has 1 aromatic carbocycles. The van der Waals surface area contributed by atoms with Crippen molar-refractivity contribution < 1.29 is 9.53 Å². The van der Waals surface area contributed by atoms with Gasteiger partial charge < -0.3 is 10.1 Å². The number of nitrogens with one attached hydrogen (secondary N) is 1. The van der Waals surface area contributed by atoms with Gasteiger partial charge in [0.25, 0.3) is 5.91 Å². The maximum absolute atomic E-state index is 12.4. The van der Waals surface area contributed by atoms with Crippen LogP contribution in [0.25, 0.3) is 5.69 Å². The third-order valence-corrected chi connectivity index (χ3v) is 5.33. The van der Waals surface area contributed by atoms with Crippen molar-refractivity contribution in [1.82, 2.24) is 20.1 Å². The maximum atomic E-state index is 12.4. The van der Waals surface area contributed by atoms with Crippen LogP contribution in [0, 0.1) is 13.8 Å². The van der Waals surface area contributed by atoms with Gasteiger partial charge in [0.15, 0.2) is 0 Å². The topological polar surface area (TPSA) is 69.0 Å². The van der Waals surface area contributed by atoms with E-state index in [4.69, 9.17) is 4.74 Å². The lowest BCUT2D eigenvalue weighted by atomic mass is 10.2. The van der Waals surface area contributed by atoms with Crippen molar-refractivity contribution in [2.45, 2.75) is 40.3 Å². The summed E-state index contributed by atoms with van der Waals surface area (Å²) in [5.41, 5.74) is 4.36. The van der Waals surface area contributed by atoms with Crippen LogP contribution in [0.2, 0.25) is 0 Å². The molecule has 146 valence electrons. The highest BCUT2D eigenvalue weighted by Crippen LogP contribution is 2.23. The molecule has 2 heterocycles. The Morgan fingerprint density at radius 2 is 1.89 bits per heavy atom. The number of carbonyl (C=O) groups is 1. The molecule has 0 aliphatic rings. The zero-order chi connectivity index (χ0) is 20.3. The van der Waals surface area contributed by atoms with Crippen molar-refractivity contribution in [3.63, 3.8) is 0 Å². The van der Waals surface area contributed by atoms with E-state index in [2.05, 4.69) is 31.3 Å². The molecule has 0 spiro atoms. The Labute approximate surface area is 173 Å². The van der Waals surface area contributed by atoms with Crippen molar-refractivity contribution in [3.05, 3.63) is 69.6 Å². The number of rotatable bonds is 6. The van der Waals surface area contributed by atoms with E-state index in [9.17, 15) is 4.79 Å². The first-order valence-corrected chi connectivity index (χ1v) is 9.86. The molecule has 2 aromatic heterocycles. The number of aromatic nitrogens is 3. The Morgan fingerprint density at radius 3 is 2.43 bits per heavy atom. The predicted molar refractivity (Wildman–Crippen MR) is 112 cm³/mol. The number of aryl methyl sites for hydroxylation is 1. The van der Waals surface area contributed by atoms with Crippen molar-refractivity contribution in [3.8, 4) is 11.6 Å². The fourth-order valence-electron chi connectivity index (χ4n) is 2.74. The summed E-state index contributed by atoms with van der Waals surface area (Å²) in [4.78, 5) is 16.7. The van der Waals surface area contributed by atoms with Gasteiger partial charge in [0.05, 0.1) is 27.7 Å². The standard InChI is InChI=1S/C21H23BrN4O2/c1-13(2)28-19-10-5-16(11-23-19)12-24-21(27)17-6-8-18(9-7-17)26-15(4)20(22)14(3)25-26/h5-11,13H,12H2,1-4H3,(H,24,27). The molecule has 0 bridgehead atoms. The largest absolute Gasteiger partial charge is 0.475 e. The summed E-state index contributed by atoms with van der Waals surface area (Å²) in [5, 5.41) is 7.42. The van der Waals surface area contributed by atoms with E-state index >= 15 is 0 Å². The number of pyridine rings is 1. The van der Waals surface area contributed by atoms with Crippen molar-refractivity contribution >= 4 is 21.8 Å². The third kappa shape index (κ3) is 4.59. The van der Waals surface area contributed by atoms with E-state index in [-0.39, 0.29) is 12.0 Å². The fraction of sp³-hybridized carbons (Fsp3) is 0.286. The van der Waals surface area contributed by atoms with Gasteiger partial charge in [-0.25, -0.2) is 9.67 Å². The van der Waals surface area contributed by atoms with Crippen LogP contribution < -0.4 is 10.1 Å². The molecule has 0 aliphatic carbocycles. The van der Waals surface area contributed by atoms with E-state index < -0.39 is 0 Å². The Balaban J connectivity index is 1.62.